The number of para-hydroxylation sites is 1. The third-order valence-corrected chi connectivity index (χ3v) is 3.74. The van der Waals surface area contributed by atoms with Gasteiger partial charge in [-0.3, -0.25) is 0 Å². The number of anilines is 1. The second-order valence-corrected chi connectivity index (χ2v) is 5.46. The number of esters is 1. The molecule has 0 aliphatic carbocycles. The van der Waals surface area contributed by atoms with Gasteiger partial charge in [0.25, 0.3) is 0 Å². The fourth-order valence-electron chi connectivity index (χ4n) is 2.51. The summed E-state index contributed by atoms with van der Waals surface area (Å²) in [7, 11) is 0. The highest BCUT2D eigenvalue weighted by molar-refractivity contribution is 6.01. The van der Waals surface area contributed by atoms with E-state index in [0.29, 0.717) is 11.4 Å². The first-order valence-electron chi connectivity index (χ1n) is 7.97. The summed E-state index contributed by atoms with van der Waals surface area (Å²) in [5, 5.41) is 11.2. The predicted molar refractivity (Wildman–Crippen MR) is 97.3 cm³/mol. The predicted octanol–water partition coefficient (Wildman–Crippen LogP) is 3.90. The number of rotatable bonds is 6. The smallest absolute Gasteiger partial charge is 0.414 e. The highest BCUT2D eigenvalue weighted by Gasteiger charge is 2.19. The largest absolute Gasteiger partial charge is 0.482 e. The van der Waals surface area contributed by atoms with Crippen LogP contribution in [0.1, 0.15) is 0 Å². The number of carboxylic acid groups (broad SMARTS) is 1. The molecular formula is C20H17NO5. The van der Waals surface area contributed by atoms with Crippen molar-refractivity contribution in [2.24, 2.45) is 0 Å². The van der Waals surface area contributed by atoms with Crippen LogP contribution in [0.3, 0.4) is 0 Å². The SMILES string of the molecule is O=C(COc1ccccc1)OCN(C(=O)O)c1cccc2ccccc12. The first-order valence-corrected chi connectivity index (χ1v) is 7.97. The molecule has 0 fully saturated rings. The third-order valence-electron chi connectivity index (χ3n) is 3.74. The first kappa shape index (κ1) is 17.3. The molecule has 3 aromatic rings. The molecule has 0 unspecified atom stereocenters. The van der Waals surface area contributed by atoms with E-state index < -0.39 is 18.8 Å². The minimum absolute atomic E-state index is 0.299. The molecule has 132 valence electrons. The molecule has 0 atom stereocenters. The lowest BCUT2D eigenvalue weighted by atomic mass is 10.1. The maximum absolute atomic E-state index is 11.9. The Morgan fingerprint density at radius 1 is 0.885 bits per heavy atom. The number of carbonyl (C=O) groups is 2. The average molecular weight is 351 g/mol. The van der Waals surface area contributed by atoms with Crippen LogP contribution < -0.4 is 9.64 Å². The van der Waals surface area contributed by atoms with Crippen LogP contribution in [0, 0.1) is 0 Å². The number of fused-ring (bicyclic) bond motifs is 1. The fraction of sp³-hybridized carbons (Fsp3) is 0.100. The van der Waals surface area contributed by atoms with Gasteiger partial charge in [-0.05, 0) is 23.6 Å². The summed E-state index contributed by atoms with van der Waals surface area (Å²) < 4.78 is 10.4. The molecule has 0 radical (unpaired) electrons. The Labute approximate surface area is 150 Å². The van der Waals surface area contributed by atoms with Gasteiger partial charge >= 0.3 is 12.1 Å². The quantitative estimate of drug-likeness (QED) is 0.538. The van der Waals surface area contributed by atoms with Crippen molar-refractivity contribution < 1.29 is 24.2 Å². The molecule has 0 bridgehead atoms. The zero-order valence-electron chi connectivity index (χ0n) is 13.9. The number of ether oxygens (including phenoxy) is 2. The summed E-state index contributed by atoms with van der Waals surface area (Å²) in [5.74, 6) is -0.117. The molecule has 3 rings (SSSR count). The van der Waals surface area contributed by atoms with Crippen molar-refractivity contribution in [3.63, 3.8) is 0 Å². The molecular weight excluding hydrogens is 334 g/mol. The topological polar surface area (TPSA) is 76.1 Å². The molecule has 0 aromatic heterocycles. The van der Waals surface area contributed by atoms with Gasteiger partial charge in [0.1, 0.15) is 5.75 Å². The lowest BCUT2D eigenvalue weighted by Crippen LogP contribution is -2.34. The highest BCUT2D eigenvalue weighted by Crippen LogP contribution is 2.26. The van der Waals surface area contributed by atoms with E-state index in [9.17, 15) is 14.7 Å². The number of carbonyl (C=O) groups excluding carboxylic acids is 1. The summed E-state index contributed by atoms with van der Waals surface area (Å²) in [5.41, 5.74) is 0.451. The van der Waals surface area contributed by atoms with Crippen molar-refractivity contribution >= 4 is 28.5 Å². The van der Waals surface area contributed by atoms with Crippen molar-refractivity contribution in [3.8, 4) is 5.75 Å². The molecule has 0 saturated carbocycles. The summed E-state index contributed by atoms with van der Waals surface area (Å²) >= 11 is 0. The monoisotopic (exact) mass is 351 g/mol. The summed E-state index contributed by atoms with van der Waals surface area (Å²) in [6, 6.07) is 21.6. The van der Waals surface area contributed by atoms with E-state index in [1.165, 1.54) is 0 Å². The van der Waals surface area contributed by atoms with Crippen LogP contribution in [0.5, 0.6) is 5.75 Å². The van der Waals surface area contributed by atoms with E-state index >= 15 is 0 Å². The van der Waals surface area contributed by atoms with Gasteiger partial charge in [0, 0.05) is 5.39 Å². The van der Waals surface area contributed by atoms with E-state index in [-0.39, 0.29) is 6.61 Å². The number of hydrogen-bond donors (Lipinski definition) is 1. The van der Waals surface area contributed by atoms with Gasteiger partial charge < -0.3 is 14.6 Å². The van der Waals surface area contributed by atoms with Crippen molar-refractivity contribution in [1.29, 1.82) is 0 Å². The second-order valence-electron chi connectivity index (χ2n) is 5.46. The van der Waals surface area contributed by atoms with Gasteiger partial charge in [-0.15, -0.1) is 0 Å². The van der Waals surface area contributed by atoms with Gasteiger partial charge in [-0.2, -0.15) is 0 Å². The average Bonchev–Trinajstić information content (AvgIpc) is 2.67. The molecule has 26 heavy (non-hydrogen) atoms. The van der Waals surface area contributed by atoms with Gasteiger partial charge in [-0.1, -0.05) is 54.6 Å². The minimum Gasteiger partial charge on any atom is -0.482 e. The summed E-state index contributed by atoms with van der Waals surface area (Å²) in [6.07, 6.45) is -1.21. The van der Waals surface area contributed by atoms with Crippen molar-refractivity contribution in [2.45, 2.75) is 0 Å². The molecule has 6 heteroatoms. The molecule has 1 amide bonds. The normalized spacial score (nSPS) is 10.3. The van der Waals surface area contributed by atoms with Crippen molar-refractivity contribution in [1.82, 2.24) is 0 Å². The Hall–Kier alpha value is -3.54. The molecule has 0 aliphatic heterocycles. The summed E-state index contributed by atoms with van der Waals surface area (Å²) in [6.45, 7) is -0.715. The Kier molecular flexibility index (Phi) is 5.34. The standard InChI is InChI=1S/C20H17NO5/c22-19(13-25-16-9-2-1-3-10-16)26-14-21(20(23)24)18-12-6-8-15-7-4-5-11-17(15)18/h1-12H,13-14H2,(H,23,24). The number of nitrogens with zero attached hydrogens (tertiary/aromatic N) is 1. The number of hydrogen-bond acceptors (Lipinski definition) is 4. The van der Waals surface area contributed by atoms with Crippen LogP contribution >= 0.6 is 0 Å². The zero-order chi connectivity index (χ0) is 18.4. The van der Waals surface area contributed by atoms with Crippen LogP contribution in [0.4, 0.5) is 10.5 Å². The minimum atomic E-state index is -1.21. The fourth-order valence-corrected chi connectivity index (χ4v) is 2.51. The van der Waals surface area contributed by atoms with Gasteiger partial charge in [0.15, 0.2) is 13.3 Å². The van der Waals surface area contributed by atoms with Gasteiger partial charge in [0.2, 0.25) is 0 Å². The Morgan fingerprint density at radius 3 is 2.35 bits per heavy atom. The zero-order valence-corrected chi connectivity index (χ0v) is 13.9. The van der Waals surface area contributed by atoms with E-state index in [2.05, 4.69) is 0 Å². The molecule has 3 aromatic carbocycles. The second kappa shape index (κ2) is 8.02. The van der Waals surface area contributed by atoms with Crippen LogP contribution in [-0.4, -0.2) is 30.5 Å². The lowest BCUT2D eigenvalue weighted by molar-refractivity contribution is -0.145. The molecule has 0 heterocycles. The highest BCUT2D eigenvalue weighted by atomic mass is 16.6. The molecule has 1 N–H and O–H groups in total. The summed E-state index contributed by atoms with van der Waals surface area (Å²) in [4.78, 5) is 24.5. The van der Waals surface area contributed by atoms with Crippen molar-refractivity contribution in [3.05, 3.63) is 72.8 Å². The lowest BCUT2D eigenvalue weighted by Gasteiger charge is -2.20. The number of benzene rings is 3. The van der Waals surface area contributed by atoms with Crippen molar-refractivity contribution in [2.75, 3.05) is 18.2 Å². The maximum atomic E-state index is 11.9. The van der Waals surface area contributed by atoms with Crippen LogP contribution in [0.2, 0.25) is 0 Å². The first-order chi connectivity index (χ1) is 12.6. The van der Waals surface area contributed by atoms with Crippen LogP contribution in [-0.2, 0) is 9.53 Å². The maximum Gasteiger partial charge on any atom is 0.414 e. The Bertz CT molecular complexity index is 905. The molecule has 0 saturated heterocycles. The van der Waals surface area contributed by atoms with Gasteiger partial charge in [-0.25, -0.2) is 14.5 Å². The Balaban J connectivity index is 1.67. The molecule has 0 aliphatic rings. The van der Waals surface area contributed by atoms with E-state index in [0.717, 1.165) is 15.7 Å². The Morgan fingerprint density at radius 2 is 1.58 bits per heavy atom. The molecule has 0 spiro atoms. The van der Waals surface area contributed by atoms with Gasteiger partial charge in [0.05, 0.1) is 5.69 Å². The molecule has 6 nitrogen and oxygen atoms in total. The third kappa shape index (κ3) is 4.10. The van der Waals surface area contributed by atoms with E-state index in [4.69, 9.17) is 9.47 Å². The van der Waals surface area contributed by atoms with Crippen LogP contribution in [0.15, 0.2) is 72.8 Å². The van der Waals surface area contributed by atoms with E-state index in [1.54, 1.807) is 36.4 Å². The van der Waals surface area contributed by atoms with E-state index in [1.807, 2.05) is 36.4 Å². The number of amides is 1. The van der Waals surface area contributed by atoms with Crippen LogP contribution in [0.25, 0.3) is 10.8 Å².